The van der Waals surface area contributed by atoms with E-state index >= 15 is 0 Å². The summed E-state index contributed by atoms with van der Waals surface area (Å²) in [4.78, 5) is 14.0. The molecule has 0 bridgehead atoms. The van der Waals surface area contributed by atoms with Gasteiger partial charge in [-0.3, -0.25) is 4.79 Å². The third kappa shape index (κ3) is 4.57. The fourth-order valence-corrected chi connectivity index (χ4v) is 4.74. The zero-order chi connectivity index (χ0) is 19.4. The third-order valence-electron chi connectivity index (χ3n) is 4.93. The number of nitrogens with one attached hydrogen (secondary N) is 1. The van der Waals surface area contributed by atoms with Crippen molar-refractivity contribution in [3.05, 3.63) is 59.7 Å². The molecule has 0 saturated heterocycles. The number of aryl methyl sites for hydroxylation is 1. The second-order valence-electron chi connectivity index (χ2n) is 6.99. The number of amides is 1. The van der Waals surface area contributed by atoms with Crippen LogP contribution in [0.4, 0.5) is 5.69 Å². The number of carbonyl (C=O) groups excluding carboxylic acids is 1. The van der Waals surface area contributed by atoms with Gasteiger partial charge >= 0.3 is 0 Å². The summed E-state index contributed by atoms with van der Waals surface area (Å²) in [6, 6.07) is 14.9. The minimum Gasteiger partial charge on any atom is -0.312 e. The van der Waals surface area contributed by atoms with Gasteiger partial charge in [-0.15, -0.1) is 0 Å². The average molecular weight is 387 g/mol. The smallest absolute Gasteiger partial charge is 0.240 e. The number of hydrogen-bond acceptors (Lipinski definition) is 3. The van der Waals surface area contributed by atoms with Gasteiger partial charge < -0.3 is 4.90 Å². The quantitative estimate of drug-likeness (QED) is 0.794. The lowest BCUT2D eigenvalue weighted by atomic mass is 10.1. The van der Waals surface area contributed by atoms with Crippen molar-refractivity contribution in [2.75, 3.05) is 11.4 Å². The van der Waals surface area contributed by atoms with Crippen LogP contribution in [0.5, 0.6) is 0 Å². The second kappa shape index (κ2) is 8.23. The van der Waals surface area contributed by atoms with E-state index in [0.717, 1.165) is 24.1 Å². The van der Waals surface area contributed by atoms with Crippen molar-refractivity contribution in [2.24, 2.45) is 0 Å². The van der Waals surface area contributed by atoms with E-state index in [-0.39, 0.29) is 16.8 Å². The number of carbonyl (C=O) groups is 1. The summed E-state index contributed by atoms with van der Waals surface area (Å²) in [7, 11) is -3.58. The zero-order valence-electron chi connectivity index (χ0n) is 15.8. The Balaban J connectivity index is 1.67. The van der Waals surface area contributed by atoms with E-state index < -0.39 is 10.0 Å². The molecular formula is C21H26N2O3S. The molecule has 0 fully saturated rings. The molecule has 2 aromatic rings. The average Bonchev–Trinajstić information content (AvgIpc) is 3.09. The van der Waals surface area contributed by atoms with E-state index in [0.29, 0.717) is 19.4 Å². The predicted octanol–water partition coefficient (Wildman–Crippen LogP) is 3.29. The summed E-state index contributed by atoms with van der Waals surface area (Å²) < 4.78 is 28.2. The van der Waals surface area contributed by atoms with Crippen LogP contribution in [-0.2, 0) is 27.7 Å². The molecule has 144 valence electrons. The van der Waals surface area contributed by atoms with E-state index in [4.69, 9.17) is 0 Å². The normalized spacial score (nSPS) is 14.8. The maximum Gasteiger partial charge on any atom is 0.240 e. The standard InChI is InChI=1S/C21H26N2O3S/c1-3-21(24)23-14-13-18-15-19(11-12-20(18)23)27(25,26)22-16(2)9-10-17-7-5-4-6-8-17/h4-8,11-12,15-16,22H,3,9-10,13-14H2,1-2H3/t16-/m1/s1. The van der Waals surface area contributed by atoms with Crippen LogP contribution in [0.1, 0.15) is 37.8 Å². The summed E-state index contributed by atoms with van der Waals surface area (Å²) in [5.41, 5.74) is 2.94. The van der Waals surface area contributed by atoms with Crippen molar-refractivity contribution >= 4 is 21.6 Å². The van der Waals surface area contributed by atoms with Crippen LogP contribution >= 0.6 is 0 Å². The maximum atomic E-state index is 12.7. The minimum absolute atomic E-state index is 0.0667. The highest BCUT2D eigenvalue weighted by Crippen LogP contribution is 2.30. The molecule has 1 aliphatic heterocycles. The molecule has 0 radical (unpaired) electrons. The van der Waals surface area contributed by atoms with Crippen molar-refractivity contribution in [3.63, 3.8) is 0 Å². The van der Waals surface area contributed by atoms with Crippen LogP contribution in [0.25, 0.3) is 0 Å². The van der Waals surface area contributed by atoms with Gasteiger partial charge in [0.1, 0.15) is 0 Å². The first kappa shape index (κ1) is 19.6. The molecule has 1 aliphatic rings. The van der Waals surface area contributed by atoms with Crippen LogP contribution in [0.3, 0.4) is 0 Å². The molecule has 0 unspecified atom stereocenters. The first-order chi connectivity index (χ1) is 12.9. The van der Waals surface area contributed by atoms with E-state index in [1.807, 2.05) is 44.2 Å². The Hall–Kier alpha value is -2.18. The first-order valence-electron chi connectivity index (χ1n) is 9.40. The van der Waals surface area contributed by atoms with Crippen molar-refractivity contribution in [3.8, 4) is 0 Å². The lowest BCUT2D eigenvalue weighted by Gasteiger charge is -2.17. The van der Waals surface area contributed by atoms with Gasteiger partial charge in [-0.05, 0) is 55.5 Å². The van der Waals surface area contributed by atoms with Gasteiger partial charge in [-0.1, -0.05) is 37.3 Å². The maximum absolute atomic E-state index is 12.7. The highest BCUT2D eigenvalue weighted by Gasteiger charge is 2.26. The molecule has 1 atom stereocenters. The largest absolute Gasteiger partial charge is 0.312 e. The molecule has 0 saturated carbocycles. The van der Waals surface area contributed by atoms with Crippen molar-refractivity contribution in [1.29, 1.82) is 0 Å². The van der Waals surface area contributed by atoms with E-state index in [2.05, 4.69) is 4.72 Å². The Kier molecular flexibility index (Phi) is 5.97. The number of fused-ring (bicyclic) bond motifs is 1. The van der Waals surface area contributed by atoms with Gasteiger partial charge in [-0.2, -0.15) is 0 Å². The van der Waals surface area contributed by atoms with Gasteiger partial charge in [0.05, 0.1) is 4.90 Å². The van der Waals surface area contributed by atoms with Gasteiger partial charge in [0.25, 0.3) is 0 Å². The number of sulfonamides is 1. The Bertz CT molecular complexity index is 910. The number of nitrogens with zero attached hydrogens (tertiary/aromatic N) is 1. The molecule has 1 N–H and O–H groups in total. The molecule has 0 aromatic heterocycles. The molecule has 3 rings (SSSR count). The lowest BCUT2D eigenvalue weighted by molar-refractivity contribution is -0.118. The highest BCUT2D eigenvalue weighted by molar-refractivity contribution is 7.89. The SMILES string of the molecule is CCC(=O)N1CCc2cc(S(=O)(=O)N[C@H](C)CCc3ccccc3)ccc21. The minimum atomic E-state index is -3.58. The molecule has 2 aromatic carbocycles. The van der Waals surface area contributed by atoms with Gasteiger partial charge in [0.2, 0.25) is 15.9 Å². The third-order valence-corrected chi connectivity index (χ3v) is 6.51. The lowest BCUT2D eigenvalue weighted by Crippen LogP contribution is -2.33. The molecular weight excluding hydrogens is 360 g/mol. The Labute approximate surface area is 161 Å². The first-order valence-corrected chi connectivity index (χ1v) is 10.9. The van der Waals surface area contributed by atoms with Crippen molar-refractivity contribution in [1.82, 2.24) is 4.72 Å². The molecule has 5 nitrogen and oxygen atoms in total. The summed E-state index contributed by atoms with van der Waals surface area (Å²) in [6.45, 7) is 4.34. The van der Waals surface area contributed by atoms with Crippen LogP contribution in [0.15, 0.2) is 53.4 Å². The van der Waals surface area contributed by atoms with Crippen LogP contribution in [-0.4, -0.2) is 26.9 Å². The Morgan fingerprint density at radius 3 is 2.63 bits per heavy atom. The summed E-state index contributed by atoms with van der Waals surface area (Å²) >= 11 is 0. The van der Waals surface area contributed by atoms with Crippen LogP contribution in [0, 0.1) is 0 Å². The van der Waals surface area contributed by atoms with Gasteiger partial charge in [0, 0.05) is 24.7 Å². The predicted molar refractivity (Wildman–Crippen MR) is 107 cm³/mol. The fraction of sp³-hybridized carbons (Fsp3) is 0.381. The zero-order valence-corrected chi connectivity index (χ0v) is 16.6. The Morgan fingerprint density at radius 2 is 1.93 bits per heavy atom. The van der Waals surface area contributed by atoms with E-state index in [1.165, 1.54) is 5.56 Å². The number of hydrogen-bond donors (Lipinski definition) is 1. The van der Waals surface area contributed by atoms with Crippen molar-refractivity contribution < 1.29 is 13.2 Å². The number of benzene rings is 2. The van der Waals surface area contributed by atoms with Crippen LogP contribution in [0.2, 0.25) is 0 Å². The highest BCUT2D eigenvalue weighted by atomic mass is 32.2. The summed E-state index contributed by atoms with van der Waals surface area (Å²) in [5.74, 6) is 0.0667. The second-order valence-corrected chi connectivity index (χ2v) is 8.70. The fourth-order valence-electron chi connectivity index (χ4n) is 3.41. The summed E-state index contributed by atoms with van der Waals surface area (Å²) in [6.07, 6.45) is 2.68. The van der Waals surface area contributed by atoms with Gasteiger partial charge in [-0.25, -0.2) is 13.1 Å². The molecule has 27 heavy (non-hydrogen) atoms. The monoisotopic (exact) mass is 386 g/mol. The van der Waals surface area contributed by atoms with Gasteiger partial charge in [0.15, 0.2) is 0 Å². The van der Waals surface area contributed by atoms with Crippen molar-refractivity contribution in [2.45, 2.75) is 50.5 Å². The summed E-state index contributed by atoms with van der Waals surface area (Å²) in [5, 5.41) is 0. The molecule has 0 spiro atoms. The van der Waals surface area contributed by atoms with E-state index in [9.17, 15) is 13.2 Å². The topological polar surface area (TPSA) is 66.5 Å². The van der Waals surface area contributed by atoms with E-state index in [1.54, 1.807) is 23.1 Å². The molecule has 1 heterocycles. The molecule has 6 heteroatoms. The molecule has 0 aliphatic carbocycles. The Morgan fingerprint density at radius 1 is 1.19 bits per heavy atom. The molecule has 1 amide bonds. The number of anilines is 1. The van der Waals surface area contributed by atoms with Crippen LogP contribution < -0.4 is 9.62 Å². The number of rotatable bonds is 7.